The molecule has 0 bridgehead atoms. The highest BCUT2D eigenvalue weighted by Crippen LogP contribution is 2.21. The first kappa shape index (κ1) is 11.8. The maximum atomic E-state index is 11.3. The molecule has 0 unspecified atom stereocenters. The molecule has 0 saturated heterocycles. The Morgan fingerprint density at radius 3 is 2.65 bits per heavy atom. The number of hydrogen-bond donors (Lipinski definition) is 0. The van der Waals surface area contributed by atoms with Crippen molar-refractivity contribution in [2.45, 2.75) is 20.8 Å². The fourth-order valence-electron chi connectivity index (χ4n) is 1.60. The Morgan fingerprint density at radius 2 is 2.12 bits per heavy atom. The van der Waals surface area contributed by atoms with Crippen LogP contribution in [0.4, 0.5) is 0 Å². The first-order valence-corrected chi connectivity index (χ1v) is 5.57. The van der Waals surface area contributed by atoms with E-state index in [-0.39, 0.29) is 5.78 Å². The predicted octanol–water partition coefficient (Wildman–Crippen LogP) is 2.74. The van der Waals surface area contributed by atoms with Crippen molar-refractivity contribution in [2.24, 2.45) is 0 Å². The summed E-state index contributed by atoms with van der Waals surface area (Å²) in [6.07, 6.45) is 1.59. The molecule has 2 heterocycles. The van der Waals surface area contributed by atoms with E-state index in [9.17, 15) is 4.79 Å². The zero-order valence-corrected chi connectivity index (χ0v) is 10.6. The van der Waals surface area contributed by atoms with Crippen molar-refractivity contribution in [3.8, 4) is 5.82 Å². The van der Waals surface area contributed by atoms with Gasteiger partial charge in [-0.2, -0.15) is 5.10 Å². The van der Waals surface area contributed by atoms with Crippen LogP contribution in [0.25, 0.3) is 5.82 Å². The number of rotatable bonds is 2. The SMILES string of the molecule is CC(=O)c1ccnc(-n2nc(C)c(Cl)c2C)c1. The van der Waals surface area contributed by atoms with Crippen molar-refractivity contribution in [1.82, 2.24) is 14.8 Å². The highest BCUT2D eigenvalue weighted by Gasteiger charge is 2.12. The van der Waals surface area contributed by atoms with E-state index in [1.807, 2.05) is 13.8 Å². The molecule has 4 nitrogen and oxygen atoms in total. The standard InChI is InChI=1S/C12H12ClN3O/c1-7-12(13)8(2)16(15-7)11-6-10(9(3)17)4-5-14-11/h4-6H,1-3H3. The highest BCUT2D eigenvalue weighted by atomic mass is 35.5. The van der Waals surface area contributed by atoms with Crippen LogP contribution >= 0.6 is 11.6 Å². The molecule has 0 radical (unpaired) electrons. The Balaban J connectivity index is 2.56. The smallest absolute Gasteiger partial charge is 0.159 e. The van der Waals surface area contributed by atoms with E-state index < -0.39 is 0 Å². The fourth-order valence-corrected chi connectivity index (χ4v) is 1.72. The van der Waals surface area contributed by atoms with Crippen LogP contribution in [0.15, 0.2) is 18.3 Å². The Labute approximate surface area is 104 Å². The van der Waals surface area contributed by atoms with E-state index in [0.29, 0.717) is 16.4 Å². The summed E-state index contributed by atoms with van der Waals surface area (Å²) in [5.41, 5.74) is 2.18. The lowest BCUT2D eigenvalue weighted by Crippen LogP contribution is -2.04. The third-order valence-corrected chi connectivity index (χ3v) is 3.12. The zero-order valence-electron chi connectivity index (χ0n) is 9.86. The van der Waals surface area contributed by atoms with Crippen LogP contribution < -0.4 is 0 Å². The molecule has 0 N–H and O–H groups in total. The minimum atomic E-state index is 0.00118. The van der Waals surface area contributed by atoms with E-state index in [2.05, 4.69) is 10.1 Å². The molecule has 88 valence electrons. The Hall–Kier alpha value is -1.68. The summed E-state index contributed by atoms with van der Waals surface area (Å²) in [5, 5.41) is 4.92. The van der Waals surface area contributed by atoms with E-state index >= 15 is 0 Å². The quantitative estimate of drug-likeness (QED) is 0.769. The van der Waals surface area contributed by atoms with Gasteiger partial charge in [0, 0.05) is 11.8 Å². The summed E-state index contributed by atoms with van der Waals surface area (Å²) in [6.45, 7) is 5.22. The average molecular weight is 250 g/mol. The van der Waals surface area contributed by atoms with Gasteiger partial charge in [-0.25, -0.2) is 9.67 Å². The Bertz CT molecular complexity index is 589. The lowest BCUT2D eigenvalue weighted by Gasteiger charge is -2.04. The van der Waals surface area contributed by atoms with Gasteiger partial charge in [0.15, 0.2) is 11.6 Å². The minimum absolute atomic E-state index is 0.00118. The molecule has 0 amide bonds. The molecule has 0 fully saturated rings. The molecule has 0 aromatic carbocycles. The maximum Gasteiger partial charge on any atom is 0.159 e. The summed E-state index contributed by atoms with van der Waals surface area (Å²) in [6, 6.07) is 3.39. The lowest BCUT2D eigenvalue weighted by atomic mass is 10.2. The predicted molar refractivity (Wildman–Crippen MR) is 65.8 cm³/mol. The van der Waals surface area contributed by atoms with Crippen LogP contribution in [0.3, 0.4) is 0 Å². The molecule has 5 heteroatoms. The molecule has 2 aromatic rings. The topological polar surface area (TPSA) is 47.8 Å². The summed E-state index contributed by atoms with van der Waals surface area (Å²) in [7, 11) is 0. The number of ketones is 1. The highest BCUT2D eigenvalue weighted by molar-refractivity contribution is 6.31. The van der Waals surface area contributed by atoms with Gasteiger partial charge in [-0.1, -0.05) is 11.6 Å². The van der Waals surface area contributed by atoms with E-state index in [1.54, 1.807) is 23.0 Å². The second-order valence-electron chi connectivity index (χ2n) is 3.86. The third kappa shape index (κ3) is 2.08. The van der Waals surface area contributed by atoms with Gasteiger partial charge in [-0.3, -0.25) is 4.79 Å². The van der Waals surface area contributed by atoms with Crippen molar-refractivity contribution < 1.29 is 4.79 Å². The van der Waals surface area contributed by atoms with Gasteiger partial charge in [0.05, 0.1) is 16.4 Å². The number of aryl methyl sites for hydroxylation is 1. The van der Waals surface area contributed by atoms with Crippen molar-refractivity contribution in [1.29, 1.82) is 0 Å². The van der Waals surface area contributed by atoms with E-state index in [0.717, 1.165) is 11.4 Å². The van der Waals surface area contributed by atoms with Crippen molar-refractivity contribution in [3.63, 3.8) is 0 Å². The van der Waals surface area contributed by atoms with Crippen LogP contribution in [0.1, 0.15) is 28.7 Å². The molecule has 0 atom stereocenters. The number of hydrogen-bond acceptors (Lipinski definition) is 3. The second-order valence-corrected chi connectivity index (χ2v) is 4.23. The van der Waals surface area contributed by atoms with Gasteiger partial charge in [0.2, 0.25) is 0 Å². The van der Waals surface area contributed by atoms with Crippen molar-refractivity contribution in [2.75, 3.05) is 0 Å². The number of carbonyl (C=O) groups excluding carboxylic acids is 1. The van der Waals surface area contributed by atoms with Gasteiger partial charge in [-0.15, -0.1) is 0 Å². The third-order valence-electron chi connectivity index (χ3n) is 2.57. The molecule has 0 spiro atoms. The molecule has 17 heavy (non-hydrogen) atoms. The summed E-state index contributed by atoms with van der Waals surface area (Å²) in [4.78, 5) is 15.5. The second kappa shape index (κ2) is 4.30. The largest absolute Gasteiger partial charge is 0.295 e. The molecule has 2 rings (SSSR count). The van der Waals surface area contributed by atoms with Gasteiger partial charge in [0.1, 0.15) is 0 Å². The molecule has 0 aliphatic rings. The van der Waals surface area contributed by atoms with Crippen LogP contribution in [0.2, 0.25) is 5.02 Å². The summed E-state index contributed by atoms with van der Waals surface area (Å²) < 4.78 is 1.64. The zero-order chi connectivity index (χ0) is 12.6. The number of pyridine rings is 1. The monoisotopic (exact) mass is 249 g/mol. The number of Topliss-reactive ketones (excluding diaryl/α,β-unsaturated/α-hetero) is 1. The lowest BCUT2D eigenvalue weighted by molar-refractivity contribution is 0.101. The molecular formula is C12H12ClN3O. The Morgan fingerprint density at radius 1 is 1.41 bits per heavy atom. The number of aromatic nitrogens is 3. The fraction of sp³-hybridized carbons (Fsp3) is 0.250. The van der Waals surface area contributed by atoms with Gasteiger partial charge >= 0.3 is 0 Å². The van der Waals surface area contributed by atoms with Gasteiger partial charge in [-0.05, 0) is 32.9 Å². The van der Waals surface area contributed by atoms with Crippen LogP contribution in [0.5, 0.6) is 0 Å². The van der Waals surface area contributed by atoms with Crippen molar-refractivity contribution >= 4 is 17.4 Å². The summed E-state index contributed by atoms with van der Waals surface area (Å²) >= 11 is 6.07. The average Bonchev–Trinajstić information content (AvgIpc) is 2.57. The van der Waals surface area contributed by atoms with E-state index in [4.69, 9.17) is 11.6 Å². The van der Waals surface area contributed by atoms with Crippen molar-refractivity contribution in [3.05, 3.63) is 40.3 Å². The maximum absolute atomic E-state index is 11.3. The van der Waals surface area contributed by atoms with Gasteiger partial charge in [0.25, 0.3) is 0 Å². The minimum Gasteiger partial charge on any atom is -0.295 e. The molecular weight excluding hydrogens is 238 g/mol. The van der Waals surface area contributed by atoms with Gasteiger partial charge < -0.3 is 0 Å². The molecule has 0 saturated carbocycles. The first-order valence-electron chi connectivity index (χ1n) is 5.20. The van der Waals surface area contributed by atoms with Crippen LogP contribution in [0, 0.1) is 13.8 Å². The Kier molecular flexibility index (Phi) is 2.98. The first-order chi connectivity index (χ1) is 8.00. The number of nitrogens with zero attached hydrogens (tertiary/aromatic N) is 3. The van der Waals surface area contributed by atoms with Crippen LogP contribution in [-0.2, 0) is 0 Å². The van der Waals surface area contributed by atoms with E-state index in [1.165, 1.54) is 6.92 Å². The molecule has 0 aliphatic heterocycles. The summed E-state index contributed by atoms with van der Waals surface area (Å²) in [5.74, 6) is 0.603. The van der Waals surface area contributed by atoms with Crippen LogP contribution in [-0.4, -0.2) is 20.5 Å². The number of carbonyl (C=O) groups is 1. The normalized spacial score (nSPS) is 10.6. The molecule has 0 aliphatic carbocycles. The molecule has 2 aromatic heterocycles. The number of halogens is 1.